The number of benzene rings is 2. The lowest BCUT2D eigenvalue weighted by atomic mass is 10.2. The number of nitrogens with two attached hydrogens (primary N) is 1. The Morgan fingerprint density at radius 1 is 1.08 bits per heavy atom. The number of aromatic nitrogens is 3. The van der Waals surface area contributed by atoms with E-state index in [-0.39, 0.29) is 25.9 Å². The van der Waals surface area contributed by atoms with Gasteiger partial charge in [-0.05, 0) is 45.9 Å². The normalized spacial score (nSPS) is 14.0. The first-order chi connectivity index (χ1) is 18.7. The first-order valence-electron chi connectivity index (χ1n) is 12.8. The molecule has 0 amide bonds. The van der Waals surface area contributed by atoms with Crippen molar-refractivity contribution in [2.24, 2.45) is 0 Å². The van der Waals surface area contributed by atoms with Gasteiger partial charge in [0.25, 0.3) is 0 Å². The molecule has 39 heavy (non-hydrogen) atoms. The summed E-state index contributed by atoms with van der Waals surface area (Å²) in [4.78, 5) is 21.6. The van der Waals surface area contributed by atoms with E-state index in [2.05, 4.69) is 10.1 Å². The number of hydrogen-bond acceptors (Lipinski definition) is 9. The van der Waals surface area contributed by atoms with Crippen LogP contribution < -0.4 is 15.3 Å². The Labute approximate surface area is 227 Å². The highest BCUT2D eigenvalue weighted by atomic mass is 31.2. The van der Waals surface area contributed by atoms with Crippen molar-refractivity contribution in [1.29, 1.82) is 0 Å². The van der Waals surface area contributed by atoms with Gasteiger partial charge in [-0.15, -0.1) is 0 Å². The van der Waals surface area contributed by atoms with Gasteiger partial charge in [0.1, 0.15) is 29.7 Å². The molecular formula is C27H34N5O6P. The lowest BCUT2D eigenvalue weighted by molar-refractivity contribution is -0.149. The van der Waals surface area contributed by atoms with Crippen molar-refractivity contribution >= 4 is 41.5 Å². The van der Waals surface area contributed by atoms with Crippen molar-refractivity contribution in [1.82, 2.24) is 19.6 Å². The zero-order valence-corrected chi connectivity index (χ0v) is 23.4. The van der Waals surface area contributed by atoms with Crippen LogP contribution in [0.2, 0.25) is 0 Å². The molecule has 2 heterocycles. The molecule has 12 heteroatoms. The first-order valence-corrected chi connectivity index (χ1v) is 14.3. The Morgan fingerprint density at radius 2 is 1.79 bits per heavy atom. The fraction of sp³-hybridized carbons (Fsp3) is 0.370. The molecular weight excluding hydrogens is 521 g/mol. The van der Waals surface area contributed by atoms with Crippen molar-refractivity contribution in [2.75, 3.05) is 18.9 Å². The Hall–Kier alpha value is -3.50. The van der Waals surface area contributed by atoms with Crippen LogP contribution in [0.15, 0.2) is 54.6 Å². The number of carbonyl (C=O) groups is 1. The Balaban J connectivity index is 1.63. The second kappa shape index (κ2) is 12.6. The van der Waals surface area contributed by atoms with E-state index in [1.807, 2.05) is 41.8 Å². The van der Waals surface area contributed by atoms with Crippen molar-refractivity contribution < 1.29 is 27.9 Å². The maximum Gasteiger partial charge on any atom is 0.459 e. The Morgan fingerprint density at radius 3 is 2.51 bits per heavy atom. The summed E-state index contributed by atoms with van der Waals surface area (Å²) < 4.78 is 38.3. The standard InChI is InChI=1S/C27H34N5O6P/c1-5-35-17-23-30-24-25(21-13-9-10-14-22(21)29-26(24)28)32(23)15-16-36-39(34,38-20-11-7-6-8-12-20)31-19(4)27(33)37-18(2)3/h6-14,18-19H,5,15-17H2,1-4H3,(H2,28,29)(H,31,34)/t19-,39-/m0/s1. The predicted molar refractivity (Wildman–Crippen MR) is 149 cm³/mol. The minimum Gasteiger partial charge on any atom is -0.462 e. The number of para-hydroxylation sites is 2. The Bertz CT molecular complexity index is 1480. The van der Waals surface area contributed by atoms with Gasteiger partial charge in [-0.3, -0.25) is 9.32 Å². The number of imidazole rings is 1. The molecule has 3 N–H and O–H groups in total. The lowest BCUT2D eigenvalue weighted by Crippen LogP contribution is -2.36. The van der Waals surface area contributed by atoms with Crippen LogP contribution in [-0.4, -0.2) is 45.9 Å². The van der Waals surface area contributed by atoms with Crippen molar-refractivity contribution in [3.63, 3.8) is 0 Å². The second-order valence-electron chi connectivity index (χ2n) is 9.10. The number of pyridine rings is 1. The van der Waals surface area contributed by atoms with E-state index < -0.39 is 19.8 Å². The van der Waals surface area contributed by atoms with E-state index in [1.165, 1.54) is 0 Å². The van der Waals surface area contributed by atoms with Gasteiger partial charge in [0.15, 0.2) is 5.82 Å². The SMILES string of the molecule is CCOCc1nc2c(N)nc3ccccc3c2n1CCO[P@@](=O)(N[C@@H](C)C(=O)OC(C)C)Oc1ccccc1. The maximum absolute atomic E-state index is 13.9. The quantitative estimate of drug-likeness (QED) is 0.174. The second-order valence-corrected chi connectivity index (χ2v) is 10.8. The van der Waals surface area contributed by atoms with E-state index in [0.29, 0.717) is 29.5 Å². The molecule has 0 aliphatic carbocycles. The molecule has 0 bridgehead atoms. The van der Waals surface area contributed by atoms with Gasteiger partial charge in [0.05, 0.1) is 23.7 Å². The largest absolute Gasteiger partial charge is 0.462 e. The number of rotatable bonds is 13. The summed E-state index contributed by atoms with van der Waals surface area (Å²) in [7, 11) is -4.02. The number of carbonyl (C=O) groups excluding carboxylic acids is 1. The van der Waals surface area contributed by atoms with Gasteiger partial charge in [-0.25, -0.2) is 14.5 Å². The van der Waals surface area contributed by atoms with Gasteiger partial charge >= 0.3 is 13.7 Å². The summed E-state index contributed by atoms with van der Waals surface area (Å²) >= 11 is 0. The molecule has 2 aromatic heterocycles. The van der Waals surface area contributed by atoms with Crippen molar-refractivity contribution in [3.8, 4) is 5.75 Å². The molecule has 2 aromatic carbocycles. The lowest BCUT2D eigenvalue weighted by Gasteiger charge is -2.23. The molecule has 2 atom stereocenters. The van der Waals surface area contributed by atoms with E-state index in [0.717, 1.165) is 16.4 Å². The number of esters is 1. The zero-order valence-electron chi connectivity index (χ0n) is 22.5. The number of nitrogens with one attached hydrogen (secondary N) is 1. The highest BCUT2D eigenvalue weighted by Gasteiger charge is 2.32. The number of anilines is 1. The number of nitrogen functional groups attached to an aromatic ring is 1. The summed E-state index contributed by atoms with van der Waals surface area (Å²) in [6.07, 6.45) is -0.327. The third-order valence-electron chi connectivity index (χ3n) is 5.73. The van der Waals surface area contributed by atoms with Gasteiger partial charge in [0.2, 0.25) is 0 Å². The minimum absolute atomic E-state index is 0.0375. The molecule has 0 spiro atoms. The average molecular weight is 556 g/mol. The van der Waals surface area contributed by atoms with E-state index in [4.69, 9.17) is 29.2 Å². The molecule has 11 nitrogen and oxygen atoms in total. The van der Waals surface area contributed by atoms with Crippen LogP contribution in [-0.2, 0) is 36.5 Å². The molecule has 208 valence electrons. The highest BCUT2D eigenvalue weighted by Crippen LogP contribution is 2.45. The first kappa shape index (κ1) is 28.5. The Kier molecular flexibility index (Phi) is 9.19. The fourth-order valence-corrected chi connectivity index (χ4v) is 5.52. The number of hydrogen-bond donors (Lipinski definition) is 2. The average Bonchev–Trinajstić information content (AvgIpc) is 3.26. The molecule has 4 aromatic rings. The topological polar surface area (TPSA) is 140 Å². The predicted octanol–water partition coefficient (Wildman–Crippen LogP) is 4.84. The van der Waals surface area contributed by atoms with Gasteiger partial charge in [-0.1, -0.05) is 36.4 Å². The summed E-state index contributed by atoms with van der Waals surface area (Å²) in [5.41, 5.74) is 8.31. The third kappa shape index (κ3) is 6.93. The molecule has 0 aliphatic rings. The number of nitrogens with zero attached hydrogens (tertiary/aromatic N) is 3. The van der Waals surface area contributed by atoms with E-state index >= 15 is 0 Å². The van der Waals surface area contributed by atoms with Crippen LogP contribution in [0.3, 0.4) is 0 Å². The third-order valence-corrected chi connectivity index (χ3v) is 7.40. The number of fused-ring (bicyclic) bond motifs is 3. The molecule has 0 saturated heterocycles. The van der Waals surface area contributed by atoms with E-state index in [1.54, 1.807) is 45.0 Å². The van der Waals surface area contributed by atoms with E-state index in [9.17, 15) is 9.36 Å². The summed E-state index contributed by atoms with van der Waals surface area (Å²) in [5.74, 6) is 0.687. The van der Waals surface area contributed by atoms with Crippen LogP contribution >= 0.6 is 7.75 Å². The molecule has 4 rings (SSSR count). The summed E-state index contributed by atoms with van der Waals surface area (Å²) in [6, 6.07) is 15.3. The van der Waals surface area contributed by atoms with Crippen LogP contribution in [0.25, 0.3) is 21.9 Å². The number of ether oxygens (including phenoxy) is 2. The molecule has 0 unspecified atom stereocenters. The van der Waals surface area contributed by atoms with Gasteiger partial charge in [-0.2, -0.15) is 5.09 Å². The van der Waals surface area contributed by atoms with Crippen LogP contribution in [0.5, 0.6) is 5.75 Å². The van der Waals surface area contributed by atoms with Crippen LogP contribution in [0, 0.1) is 0 Å². The molecule has 0 saturated carbocycles. The fourth-order valence-electron chi connectivity index (χ4n) is 4.04. The van der Waals surface area contributed by atoms with Crippen molar-refractivity contribution in [2.45, 2.75) is 53.0 Å². The van der Waals surface area contributed by atoms with Crippen molar-refractivity contribution in [3.05, 3.63) is 60.4 Å². The van der Waals surface area contributed by atoms with Gasteiger partial charge < -0.3 is 24.3 Å². The van der Waals surface area contributed by atoms with Crippen LogP contribution in [0.1, 0.15) is 33.5 Å². The maximum atomic E-state index is 13.9. The molecule has 0 radical (unpaired) electrons. The smallest absolute Gasteiger partial charge is 0.459 e. The zero-order chi connectivity index (χ0) is 28.0. The summed E-state index contributed by atoms with van der Waals surface area (Å²) in [5, 5.41) is 3.57. The van der Waals surface area contributed by atoms with Gasteiger partial charge in [0, 0.05) is 18.5 Å². The molecule has 0 fully saturated rings. The highest BCUT2D eigenvalue weighted by molar-refractivity contribution is 7.52. The minimum atomic E-state index is -4.02. The summed E-state index contributed by atoms with van der Waals surface area (Å²) in [6.45, 7) is 7.88. The van der Waals surface area contributed by atoms with Crippen LogP contribution in [0.4, 0.5) is 5.82 Å². The monoisotopic (exact) mass is 555 g/mol. The molecule has 0 aliphatic heterocycles.